The molecule has 1 aliphatic carbocycles. The van der Waals surface area contributed by atoms with Crippen LogP contribution in [0.4, 0.5) is 0 Å². The summed E-state index contributed by atoms with van der Waals surface area (Å²) in [6.45, 7) is 0. The molecule has 0 unspecified atom stereocenters. The predicted octanol–water partition coefficient (Wildman–Crippen LogP) is 5.07. The standard InChI is InChI=1S/C20H13ClN2OS/c21-13-8-5-12(6-9-13)18-22-19(24)16-15-10-7-11-3-1-2-4-14(11)17(15)25-20(16)23-18/h1-6,8-9H,7,10H2,(H,22,23,24). The first-order valence-electron chi connectivity index (χ1n) is 8.10. The van der Waals surface area contributed by atoms with Gasteiger partial charge in [-0.25, -0.2) is 4.98 Å². The molecule has 2 aromatic heterocycles. The van der Waals surface area contributed by atoms with Crippen LogP contribution in [-0.4, -0.2) is 9.97 Å². The Morgan fingerprint density at radius 1 is 1.04 bits per heavy atom. The van der Waals surface area contributed by atoms with E-state index < -0.39 is 0 Å². The number of rotatable bonds is 1. The Balaban J connectivity index is 1.76. The number of H-pyrrole nitrogens is 1. The van der Waals surface area contributed by atoms with E-state index in [1.807, 2.05) is 12.1 Å². The Hall–Kier alpha value is -2.43. The van der Waals surface area contributed by atoms with E-state index in [1.54, 1.807) is 23.5 Å². The van der Waals surface area contributed by atoms with Gasteiger partial charge in [-0.2, -0.15) is 0 Å². The molecule has 122 valence electrons. The molecule has 5 heteroatoms. The summed E-state index contributed by atoms with van der Waals surface area (Å²) in [4.78, 5) is 22.4. The molecule has 0 bridgehead atoms. The number of aryl methyl sites for hydroxylation is 2. The van der Waals surface area contributed by atoms with Gasteiger partial charge in [0.25, 0.3) is 5.56 Å². The third-order valence-electron chi connectivity index (χ3n) is 4.68. The second-order valence-corrected chi connectivity index (χ2v) is 7.60. The highest BCUT2D eigenvalue weighted by molar-refractivity contribution is 7.22. The average Bonchev–Trinajstić information content (AvgIpc) is 3.02. The van der Waals surface area contributed by atoms with Crippen LogP contribution in [0.5, 0.6) is 0 Å². The first-order valence-corrected chi connectivity index (χ1v) is 9.30. The van der Waals surface area contributed by atoms with Gasteiger partial charge in [0.15, 0.2) is 0 Å². The number of halogens is 1. The zero-order valence-corrected chi connectivity index (χ0v) is 14.7. The molecular formula is C20H13ClN2OS. The van der Waals surface area contributed by atoms with Crippen molar-refractivity contribution >= 4 is 33.2 Å². The van der Waals surface area contributed by atoms with E-state index in [1.165, 1.54) is 16.0 Å². The number of hydrogen-bond donors (Lipinski definition) is 1. The van der Waals surface area contributed by atoms with Crippen LogP contribution < -0.4 is 5.56 Å². The van der Waals surface area contributed by atoms with Crippen molar-refractivity contribution in [3.63, 3.8) is 0 Å². The summed E-state index contributed by atoms with van der Waals surface area (Å²) in [7, 11) is 0. The highest BCUT2D eigenvalue weighted by Crippen LogP contribution is 2.42. The lowest BCUT2D eigenvalue weighted by molar-refractivity contribution is 0.955. The number of benzene rings is 2. The van der Waals surface area contributed by atoms with E-state index in [9.17, 15) is 4.79 Å². The molecule has 2 aromatic carbocycles. The number of hydrogen-bond acceptors (Lipinski definition) is 3. The number of aromatic nitrogens is 2. The molecule has 25 heavy (non-hydrogen) atoms. The topological polar surface area (TPSA) is 45.8 Å². The van der Waals surface area contributed by atoms with Crippen molar-refractivity contribution in [3.05, 3.63) is 75.0 Å². The molecule has 0 radical (unpaired) electrons. The number of thiophene rings is 1. The molecule has 4 aromatic rings. The van der Waals surface area contributed by atoms with Crippen LogP contribution in [0.2, 0.25) is 5.02 Å². The van der Waals surface area contributed by atoms with Gasteiger partial charge >= 0.3 is 0 Å². The van der Waals surface area contributed by atoms with Crippen LogP contribution >= 0.6 is 22.9 Å². The molecule has 1 aliphatic rings. The van der Waals surface area contributed by atoms with E-state index in [-0.39, 0.29) is 5.56 Å². The van der Waals surface area contributed by atoms with Crippen LogP contribution in [0.3, 0.4) is 0 Å². The quantitative estimate of drug-likeness (QED) is 0.512. The minimum Gasteiger partial charge on any atom is -0.306 e. The predicted molar refractivity (Wildman–Crippen MR) is 104 cm³/mol. The van der Waals surface area contributed by atoms with Gasteiger partial charge < -0.3 is 4.98 Å². The van der Waals surface area contributed by atoms with Crippen LogP contribution in [0.1, 0.15) is 11.1 Å². The Bertz CT molecular complexity index is 1170. The normalized spacial score (nSPS) is 12.8. The molecule has 0 saturated heterocycles. The maximum Gasteiger partial charge on any atom is 0.260 e. The minimum absolute atomic E-state index is 0.0631. The van der Waals surface area contributed by atoms with Crippen molar-refractivity contribution in [3.8, 4) is 21.8 Å². The number of fused-ring (bicyclic) bond motifs is 5. The van der Waals surface area contributed by atoms with E-state index >= 15 is 0 Å². The molecule has 0 amide bonds. The Kier molecular flexibility index (Phi) is 3.30. The lowest BCUT2D eigenvalue weighted by Crippen LogP contribution is -2.11. The zero-order chi connectivity index (χ0) is 17.0. The van der Waals surface area contributed by atoms with Crippen LogP contribution in [-0.2, 0) is 12.8 Å². The van der Waals surface area contributed by atoms with E-state index in [2.05, 4.69) is 29.2 Å². The monoisotopic (exact) mass is 364 g/mol. The average molecular weight is 365 g/mol. The van der Waals surface area contributed by atoms with Crippen molar-refractivity contribution in [2.24, 2.45) is 0 Å². The highest BCUT2D eigenvalue weighted by atomic mass is 35.5. The van der Waals surface area contributed by atoms with Gasteiger partial charge in [0.1, 0.15) is 10.7 Å². The smallest absolute Gasteiger partial charge is 0.260 e. The lowest BCUT2D eigenvalue weighted by Gasteiger charge is -2.15. The molecule has 5 rings (SSSR count). The fraction of sp³-hybridized carbons (Fsp3) is 0.100. The first-order chi connectivity index (χ1) is 12.2. The third-order valence-corrected chi connectivity index (χ3v) is 6.10. The summed E-state index contributed by atoms with van der Waals surface area (Å²) in [5, 5.41) is 1.41. The maximum absolute atomic E-state index is 12.8. The molecular weight excluding hydrogens is 352 g/mol. The van der Waals surface area contributed by atoms with E-state index in [4.69, 9.17) is 16.6 Å². The van der Waals surface area contributed by atoms with Gasteiger partial charge in [0, 0.05) is 15.5 Å². The summed E-state index contributed by atoms with van der Waals surface area (Å²) in [6, 6.07) is 15.8. The Labute approximate surface area is 152 Å². The summed E-state index contributed by atoms with van der Waals surface area (Å²) in [5.41, 5.74) is 4.51. The Morgan fingerprint density at radius 3 is 2.68 bits per heavy atom. The fourth-order valence-corrected chi connectivity index (χ4v) is 4.90. The van der Waals surface area contributed by atoms with Gasteiger partial charge in [-0.05, 0) is 53.8 Å². The summed E-state index contributed by atoms with van der Waals surface area (Å²) in [6.07, 6.45) is 1.85. The van der Waals surface area contributed by atoms with E-state index in [0.29, 0.717) is 10.8 Å². The molecule has 0 atom stereocenters. The largest absolute Gasteiger partial charge is 0.306 e. The van der Waals surface area contributed by atoms with Crippen molar-refractivity contribution in [1.82, 2.24) is 9.97 Å². The summed E-state index contributed by atoms with van der Waals surface area (Å²) >= 11 is 7.56. The molecule has 0 spiro atoms. The van der Waals surface area contributed by atoms with Crippen molar-refractivity contribution in [1.29, 1.82) is 0 Å². The number of nitrogens with one attached hydrogen (secondary N) is 1. The summed E-state index contributed by atoms with van der Waals surface area (Å²) in [5.74, 6) is 0.584. The maximum atomic E-state index is 12.8. The first kappa shape index (κ1) is 14.9. The van der Waals surface area contributed by atoms with Crippen molar-refractivity contribution in [2.75, 3.05) is 0 Å². The fourth-order valence-electron chi connectivity index (χ4n) is 3.48. The van der Waals surface area contributed by atoms with Crippen LogP contribution in [0.15, 0.2) is 53.3 Å². The lowest BCUT2D eigenvalue weighted by atomic mass is 9.90. The Morgan fingerprint density at radius 2 is 1.84 bits per heavy atom. The van der Waals surface area contributed by atoms with Gasteiger partial charge in [-0.15, -0.1) is 11.3 Å². The van der Waals surface area contributed by atoms with Gasteiger partial charge in [-0.1, -0.05) is 35.9 Å². The highest BCUT2D eigenvalue weighted by Gasteiger charge is 2.23. The zero-order valence-electron chi connectivity index (χ0n) is 13.2. The second kappa shape index (κ2) is 5.55. The van der Waals surface area contributed by atoms with Gasteiger partial charge in [0.2, 0.25) is 0 Å². The number of aromatic amines is 1. The molecule has 3 nitrogen and oxygen atoms in total. The van der Waals surface area contributed by atoms with Crippen LogP contribution in [0, 0.1) is 0 Å². The molecule has 1 N–H and O–H groups in total. The molecule has 0 aliphatic heterocycles. The van der Waals surface area contributed by atoms with Crippen molar-refractivity contribution < 1.29 is 0 Å². The van der Waals surface area contributed by atoms with E-state index in [0.717, 1.165) is 34.2 Å². The van der Waals surface area contributed by atoms with Crippen LogP contribution in [0.25, 0.3) is 32.0 Å². The molecule has 2 heterocycles. The second-order valence-electron chi connectivity index (χ2n) is 6.17. The molecule has 0 fully saturated rings. The SMILES string of the molecule is O=c1[nH]c(-c2ccc(Cl)cc2)nc2sc3c(c12)CCc1ccccc1-3. The minimum atomic E-state index is -0.0631. The number of nitrogens with zero attached hydrogens (tertiary/aromatic N) is 1. The van der Waals surface area contributed by atoms with Gasteiger partial charge in [0.05, 0.1) is 5.39 Å². The molecule has 0 saturated carbocycles. The van der Waals surface area contributed by atoms with Gasteiger partial charge in [-0.3, -0.25) is 4.79 Å². The summed E-state index contributed by atoms with van der Waals surface area (Å²) < 4.78 is 0. The van der Waals surface area contributed by atoms with Crippen molar-refractivity contribution in [2.45, 2.75) is 12.8 Å². The third kappa shape index (κ3) is 2.33.